The Balaban J connectivity index is 2.00. The zero-order valence-corrected chi connectivity index (χ0v) is 12.0. The van der Waals surface area contributed by atoms with Crippen LogP contribution in [-0.4, -0.2) is 18.6 Å². The number of hydrogen-bond donors (Lipinski definition) is 2. The lowest BCUT2D eigenvalue weighted by Gasteiger charge is -2.03. The van der Waals surface area contributed by atoms with Gasteiger partial charge in [-0.25, -0.2) is 13.6 Å². The molecule has 0 fully saturated rings. The van der Waals surface area contributed by atoms with Crippen molar-refractivity contribution in [2.24, 2.45) is 5.14 Å². The summed E-state index contributed by atoms with van der Waals surface area (Å²) in [5, 5.41) is 15.7. The molecule has 6 nitrogen and oxygen atoms in total. The molecule has 0 aliphatic heterocycles. The molecule has 1 aromatic heterocycles. The quantitative estimate of drug-likeness (QED) is 0.868. The molecule has 0 atom stereocenters. The second-order valence-electron chi connectivity index (χ2n) is 3.94. The number of hydrogen-bond acceptors (Lipinski definition) is 6. The van der Waals surface area contributed by atoms with Crippen LogP contribution in [0.2, 0.25) is 0 Å². The Labute approximate surface area is 115 Å². The third-order valence-corrected chi connectivity index (χ3v) is 4.72. The Morgan fingerprint density at radius 1 is 1.21 bits per heavy atom. The van der Waals surface area contributed by atoms with Gasteiger partial charge in [-0.3, -0.25) is 0 Å². The van der Waals surface area contributed by atoms with Crippen molar-refractivity contribution in [3.05, 3.63) is 35.4 Å². The number of nitrogens with one attached hydrogen (secondary N) is 1. The second-order valence-corrected chi connectivity index (χ2v) is 6.65. The summed E-state index contributed by atoms with van der Waals surface area (Å²) in [5.41, 5.74) is 2.36. The summed E-state index contributed by atoms with van der Waals surface area (Å²) in [6, 6.07) is 8.17. The van der Waals surface area contributed by atoms with E-state index in [4.69, 9.17) is 5.14 Å². The van der Waals surface area contributed by atoms with E-state index in [0.29, 0.717) is 11.7 Å². The number of nitrogens with zero attached hydrogens (tertiary/aromatic N) is 2. The van der Waals surface area contributed by atoms with Gasteiger partial charge in [0.15, 0.2) is 0 Å². The summed E-state index contributed by atoms with van der Waals surface area (Å²) in [4.78, 5) is 0. The lowest BCUT2D eigenvalue weighted by molar-refractivity contribution is 0.596. The van der Waals surface area contributed by atoms with Crippen LogP contribution in [0.3, 0.4) is 0 Å². The highest BCUT2D eigenvalue weighted by Gasteiger charge is 2.14. The molecule has 2 aromatic rings. The summed E-state index contributed by atoms with van der Waals surface area (Å²) in [6.45, 7) is 2.66. The normalized spacial score (nSPS) is 11.5. The Morgan fingerprint density at radius 2 is 1.84 bits per heavy atom. The van der Waals surface area contributed by atoms with Crippen molar-refractivity contribution in [1.82, 2.24) is 10.2 Å². The van der Waals surface area contributed by atoms with E-state index in [0.717, 1.165) is 23.3 Å². The highest BCUT2D eigenvalue weighted by molar-refractivity contribution is 7.91. The summed E-state index contributed by atoms with van der Waals surface area (Å²) in [7, 11) is -3.77. The van der Waals surface area contributed by atoms with Crippen LogP contribution in [0, 0.1) is 0 Å². The average Bonchev–Trinajstić information content (AvgIpc) is 2.86. The minimum absolute atomic E-state index is 0.184. The molecule has 0 radical (unpaired) electrons. The van der Waals surface area contributed by atoms with Crippen molar-refractivity contribution in [3.8, 4) is 0 Å². The van der Waals surface area contributed by atoms with Crippen molar-refractivity contribution in [2.75, 3.05) is 5.32 Å². The number of rotatable bonds is 5. The van der Waals surface area contributed by atoms with E-state index in [9.17, 15) is 8.42 Å². The van der Waals surface area contributed by atoms with Gasteiger partial charge in [0.2, 0.25) is 9.47 Å². The van der Waals surface area contributed by atoms with Crippen LogP contribution in [0.5, 0.6) is 0 Å². The molecule has 102 valence electrons. The van der Waals surface area contributed by atoms with E-state index in [1.54, 1.807) is 0 Å². The highest BCUT2D eigenvalue weighted by Crippen LogP contribution is 2.19. The molecule has 0 bridgehead atoms. The fraction of sp³-hybridized carbons (Fsp3) is 0.273. The smallest absolute Gasteiger partial charge is 0.267 e. The molecule has 19 heavy (non-hydrogen) atoms. The second kappa shape index (κ2) is 5.64. The Bertz CT molecular complexity index is 650. The Morgan fingerprint density at radius 3 is 2.37 bits per heavy atom. The van der Waals surface area contributed by atoms with E-state index < -0.39 is 10.0 Å². The van der Waals surface area contributed by atoms with Gasteiger partial charge >= 0.3 is 0 Å². The van der Waals surface area contributed by atoms with Gasteiger partial charge in [-0.1, -0.05) is 42.5 Å². The Hall–Kier alpha value is -1.51. The molecule has 2 rings (SSSR count). The number of nitrogens with two attached hydrogens (primary N) is 1. The van der Waals surface area contributed by atoms with Crippen LogP contribution in [0.1, 0.15) is 18.1 Å². The molecule has 0 amide bonds. The number of aryl methyl sites for hydroxylation is 1. The minimum atomic E-state index is -3.77. The lowest BCUT2D eigenvalue weighted by atomic mass is 10.1. The van der Waals surface area contributed by atoms with Crippen LogP contribution < -0.4 is 10.5 Å². The van der Waals surface area contributed by atoms with E-state index in [2.05, 4.69) is 34.6 Å². The van der Waals surface area contributed by atoms with E-state index in [1.807, 2.05) is 12.1 Å². The third kappa shape index (κ3) is 3.72. The van der Waals surface area contributed by atoms with Crippen LogP contribution in [0.25, 0.3) is 0 Å². The van der Waals surface area contributed by atoms with Crippen LogP contribution >= 0.6 is 11.3 Å². The highest BCUT2D eigenvalue weighted by atomic mass is 32.2. The minimum Gasteiger partial charge on any atom is -0.356 e. The third-order valence-electron chi connectivity index (χ3n) is 2.52. The van der Waals surface area contributed by atoms with Crippen molar-refractivity contribution in [1.29, 1.82) is 0 Å². The topological polar surface area (TPSA) is 98.0 Å². The van der Waals surface area contributed by atoms with Crippen LogP contribution in [0.15, 0.2) is 28.6 Å². The van der Waals surface area contributed by atoms with Crippen molar-refractivity contribution in [3.63, 3.8) is 0 Å². The van der Waals surface area contributed by atoms with Gasteiger partial charge in [0.1, 0.15) is 0 Å². The van der Waals surface area contributed by atoms with E-state index >= 15 is 0 Å². The molecular formula is C11H14N4O2S2. The predicted octanol–water partition coefficient (Wildman–Crippen LogP) is 1.36. The van der Waals surface area contributed by atoms with Gasteiger partial charge in [-0.05, 0) is 17.5 Å². The zero-order chi connectivity index (χ0) is 13.9. The maximum absolute atomic E-state index is 11.0. The lowest BCUT2D eigenvalue weighted by Crippen LogP contribution is -2.11. The zero-order valence-electron chi connectivity index (χ0n) is 10.3. The molecule has 0 unspecified atom stereocenters. The number of primary sulfonamides is 1. The first-order valence-electron chi connectivity index (χ1n) is 5.67. The molecule has 3 N–H and O–H groups in total. The predicted molar refractivity (Wildman–Crippen MR) is 74.4 cm³/mol. The molecule has 0 aliphatic carbocycles. The van der Waals surface area contributed by atoms with Crippen LogP contribution in [0.4, 0.5) is 5.13 Å². The number of anilines is 1. The van der Waals surface area contributed by atoms with Gasteiger partial charge in [-0.15, -0.1) is 10.2 Å². The first kappa shape index (κ1) is 13.9. The molecule has 1 aromatic carbocycles. The first-order chi connectivity index (χ1) is 8.99. The molecule has 1 heterocycles. The SMILES string of the molecule is CCc1ccc(CNc2nnc(S(N)(=O)=O)s2)cc1. The van der Waals surface area contributed by atoms with Crippen molar-refractivity contribution in [2.45, 2.75) is 24.2 Å². The van der Waals surface area contributed by atoms with Crippen molar-refractivity contribution >= 4 is 26.5 Å². The molecule has 8 heteroatoms. The number of sulfonamides is 1. The number of benzene rings is 1. The van der Waals surface area contributed by atoms with E-state index in [1.165, 1.54) is 5.56 Å². The van der Waals surface area contributed by atoms with Gasteiger partial charge < -0.3 is 5.32 Å². The van der Waals surface area contributed by atoms with Gasteiger partial charge in [-0.2, -0.15) is 0 Å². The van der Waals surface area contributed by atoms with Gasteiger partial charge in [0.25, 0.3) is 10.0 Å². The van der Waals surface area contributed by atoms with E-state index in [-0.39, 0.29) is 4.34 Å². The maximum Gasteiger partial charge on any atom is 0.267 e. The summed E-state index contributed by atoms with van der Waals surface area (Å²) in [6.07, 6.45) is 1.00. The first-order valence-corrected chi connectivity index (χ1v) is 8.03. The summed E-state index contributed by atoms with van der Waals surface area (Å²) >= 11 is 0.920. The van der Waals surface area contributed by atoms with Gasteiger partial charge in [0.05, 0.1) is 0 Å². The molecule has 0 aliphatic rings. The fourth-order valence-electron chi connectivity index (χ4n) is 1.47. The maximum atomic E-state index is 11.0. The molecular weight excluding hydrogens is 284 g/mol. The van der Waals surface area contributed by atoms with Crippen molar-refractivity contribution < 1.29 is 8.42 Å². The fourth-order valence-corrected chi connectivity index (χ4v) is 2.80. The summed E-state index contributed by atoms with van der Waals surface area (Å²) < 4.78 is 21.9. The number of aromatic nitrogens is 2. The van der Waals surface area contributed by atoms with Gasteiger partial charge in [0, 0.05) is 6.54 Å². The van der Waals surface area contributed by atoms with Crippen LogP contribution in [-0.2, 0) is 23.0 Å². The largest absolute Gasteiger partial charge is 0.356 e. The molecule has 0 saturated heterocycles. The summed E-state index contributed by atoms with van der Waals surface area (Å²) in [5.74, 6) is 0. The molecule has 0 saturated carbocycles. The average molecular weight is 298 g/mol. The monoisotopic (exact) mass is 298 g/mol. The Kier molecular flexibility index (Phi) is 4.13. The standard InChI is InChI=1S/C11H14N4O2S2/c1-2-8-3-5-9(6-4-8)7-13-10-14-15-11(18-10)19(12,16)17/h3-6H,2,7H2,1H3,(H,13,14)(H2,12,16,17). The molecule has 0 spiro atoms.